The fourth-order valence-corrected chi connectivity index (χ4v) is 4.39. The van der Waals surface area contributed by atoms with Gasteiger partial charge in [-0.2, -0.15) is 5.26 Å². The fourth-order valence-electron chi connectivity index (χ4n) is 4.39. The highest BCUT2D eigenvalue weighted by molar-refractivity contribution is 5.46. The predicted octanol–water partition coefficient (Wildman–Crippen LogP) is 3.77. The van der Waals surface area contributed by atoms with Crippen LogP contribution in [0.25, 0.3) is 0 Å². The maximum absolute atomic E-state index is 14.9. The van der Waals surface area contributed by atoms with Crippen molar-refractivity contribution >= 4 is 0 Å². The third kappa shape index (κ3) is 2.30. The molecule has 0 amide bonds. The molecule has 2 aromatic carbocycles. The number of nitrogens with zero attached hydrogens (tertiary/aromatic N) is 3. The van der Waals surface area contributed by atoms with Crippen LogP contribution >= 0.6 is 0 Å². The van der Waals surface area contributed by atoms with Crippen molar-refractivity contribution < 1.29 is 14.2 Å². The Morgan fingerprint density at radius 1 is 1.25 bits per heavy atom. The van der Waals surface area contributed by atoms with Crippen molar-refractivity contribution in [1.29, 1.82) is 5.26 Å². The molecule has 5 nitrogen and oxygen atoms in total. The number of aliphatic hydroxyl groups is 1. The third-order valence-electron chi connectivity index (χ3n) is 5.84. The molecule has 0 bridgehead atoms. The molecule has 1 aromatic heterocycles. The second-order valence-corrected chi connectivity index (χ2v) is 7.60. The number of rotatable bonds is 3. The first kappa shape index (κ1) is 18.2. The maximum Gasteiger partial charge on any atom is 0.138 e. The maximum atomic E-state index is 14.9. The number of hydrogen-bond donors (Lipinski definition) is 1. The SMILES string of the molecule is COc1cccc([C@]2(O)c3cncn3[C@@H](c3ccc(C#N)cc3F)C2(C)C)c1. The summed E-state index contributed by atoms with van der Waals surface area (Å²) in [6, 6.07) is 13.1. The summed E-state index contributed by atoms with van der Waals surface area (Å²) in [6.45, 7) is 3.81. The molecule has 2 atom stereocenters. The Morgan fingerprint density at radius 2 is 2.04 bits per heavy atom. The van der Waals surface area contributed by atoms with Gasteiger partial charge >= 0.3 is 0 Å². The number of halogens is 1. The van der Waals surface area contributed by atoms with Gasteiger partial charge in [-0.25, -0.2) is 9.37 Å². The Morgan fingerprint density at radius 3 is 2.71 bits per heavy atom. The van der Waals surface area contributed by atoms with E-state index in [-0.39, 0.29) is 5.56 Å². The van der Waals surface area contributed by atoms with Gasteiger partial charge < -0.3 is 14.4 Å². The monoisotopic (exact) mass is 377 g/mol. The van der Waals surface area contributed by atoms with Gasteiger partial charge in [0.25, 0.3) is 0 Å². The van der Waals surface area contributed by atoms with Crippen molar-refractivity contribution in [3.05, 3.63) is 83.2 Å². The summed E-state index contributed by atoms with van der Waals surface area (Å²) in [5.74, 6) is 0.146. The Kier molecular flexibility index (Phi) is 4.02. The molecule has 6 heteroatoms. The van der Waals surface area contributed by atoms with E-state index in [0.717, 1.165) is 0 Å². The Balaban J connectivity index is 1.94. The minimum absolute atomic E-state index is 0.256. The number of benzene rings is 2. The number of ether oxygens (including phenoxy) is 1. The number of nitriles is 1. The van der Waals surface area contributed by atoms with E-state index in [1.807, 2.05) is 42.7 Å². The average molecular weight is 377 g/mol. The predicted molar refractivity (Wildman–Crippen MR) is 101 cm³/mol. The highest BCUT2D eigenvalue weighted by Crippen LogP contribution is 2.59. The van der Waals surface area contributed by atoms with Crippen LogP contribution in [0.5, 0.6) is 5.75 Å². The van der Waals surface area contributed by atoms with Gasteiger partial charge in [0.2, 0.25) is 0 Å². The highest BCUT2D eigenvalue weighted by Gasteiger charge is 2.59. The molecule has 0 fully saturated rings. The van der Waals surface area contributed by atoms with E-state index in [1.165, 1.54) is 6.07 Å². The average Bonchev–Trinajstić information content (AvgIpc) is 3.23. The van der Waals surface area contributed by atoms with Crippen LogP contribution in [0.3, 0.4) is 0 Å². The summed E-state index contributed by atoms with van der Waals surface area (Å²) in [5, 5.41) is 21.0. The molecule has 3 aromatic rings. The molecule has 0 spiro atoms. The first-order chi connectivity index (χ1) is 13.3. The Hall–Kier alpha value is -3.17. The molecule has 28 heavy (non-hydrogen) atoms. The zero-order chi connectivity index (χ0) is 20.1. The first-order valence-electron chi connectivity index (χ1n) is 8.93. The van der Waals surface area contributed by atoms with Crippen molar-refractivity contribution in [3.8, 4) is 11.8 Å². The van der Waals surface area contributed by atoms with Gasteiger partial charge in [0.05, 0.1) is 43.0 Å². The zero-order valence-electron chi connectivity index (χ0n) is 15.8. The van der Waals surface area contributed by atoms with Crippen molar-refractivity contribution in [2.45, 2.75) is 25.5 Å². The van der Waals surface area contributed by atoms with Gasteiger partial charge in [0.1, 0.15) is 17.2 Å². The quantitative estimate of drug-likeness (QED) is 0.754. The number of aromatic nitrogens is 2. The van der Waals surface area contributed by atoms with Crippen LogP contribution in [-0.4, -0.2) is 21.8 Å². The van der Waals surface area contributed by atoms with E-state index < -0.39 is 22.9 Å². The Bertz CT molecular complexity index is 1100. The molecule has 1 N–H and O–H groups in total. The number of fused-ring (bicyclic) bond motifs is 1. The lowest BCUT2D eigenvalue weighted by molar-refractivity contribution is -0.0312. The lowest BCUT2D eigenvalue weighted by Crippen LogP contribution is -2.41. The van der Waals surface area contributed by atoms with E-state index in [0.29, 0.717) is 22.6 Å². The number of imidazole rings is 1. The summed E-state index contributed by atoms with van der Waals surface area (Å²) in [7, 11) is 1.57. The second-order valence-electron chi connectivity index (χ2n) is 7.60. The van der Waals surface area contributed by atoms with Gasteiger partial charge in [-0.05, 0) is 29.8 Å². The van der Waals surface area contributed by atoms with E-state index in [1.54, 1.807) is 37.8 Å². The number of methoxy groups -OCH3 is 1. The lowest BCUT2D eigenvalue weighted by atomic mass is 9.66. The molecular weight excluding hydrogens is 357 g/mol. The summed E-state index contributed by atoms with van der Waals surface area (Å²) < 4.78 is 22.1. The standard InChI is InChI=1S/C22H20FN3O2/c1-21(2)20(17-8-7-14(11-24)9-18(17)23)26-13-25-12-19(26)22(21,27)15-5-4-6-16(10-15)28-3/h4-10,12-13,20,27H,1-3H3/t20-,22-/m0/s1. The van der Waals surface area contributed by atoms with Crippen LogP contribution in [0.15, 0.2) is 55.0 Å². The molecule has 0 aliphatic carbocycles. The molecular formula is C22H20FN3O2. The molecule has 0 saturated carbocycles. The topological polar surface area (TPSA) is 71.1 Å². The van der Waals surface area contributed by atoms with Crippen LogP contribution in [0.2, 0.25) is 0 Å². The molecule has 1 aliphatic heterocycles. The van der Waals surface area contributed by atoms with Gasteiger partial charge in [-0.1, -0.05) is 32.0 Å². The summed E-state index contributed by atoms with van der Waals surface area (Å²) >= 11 is 0. The summed E-state index contributed by atoms with van der Waals surface area (Å²) in [5.41, 5.74) is -0.335. The summed E-state index contributed by atoms with van der Waals surface area (Å²) in [4.78, 5) is 4.21. The van der Waals surface area contributed by atoms with E-state index in [4.69, 9.17) is 10.00 Å². The van der Waals surface area contributed by atoms with Gasteiger partial charge in [0, 0.05) is 11.0 Å². The smallest absolute Gasteiger partial charge is 0.138 e. The van der Waals surface area contributed by atoms with Crippen LogP contribution in [0, 0.1) is 22.6 Å². The molecule has 0 unspecified atom stereocenters. The Labute approximate surface area is 162 Å². The van der Waals surface area contributed by atoms with E-state index in [2.05, 4.69) is 4.98 Å². The van der Waals surface area contributed by atoms with Crippen molar-refractivity contribution in [2.24, 2.45) is 5.41 Å². The van der Waals surface area contributed by atoms with Crippen LogP contribution < -0.4 is 4.74 Å². The third-order valence-corrected chi connectivity index (χ3v) is 5.84. The first-order valence-corrected chi connectivity index (χ1v) is 8.93. The van der Waals surface area contributed by atoms with Crippen molar-refractivity contribution in [1.82, 2.24) is 9.55 Å². The minimum Gasteiger partial charge on any atom is -0.497 e. The molecule has 1 aliphatic rings. The largest absolute Gasteiger partial charge is 0.497 e. The normalized spacial score (nSPS) is 22.5. The molecule has 2 heterocycles. The van der Waals surface area contributed by atoms with Crippen molar-refractivity contribution in [2.75, 3.05) is 7.11 Å². The molecule has 142 valence electrons. The van der Waals surface area contributed by atoms with E-state index in [9.17, 15) is 9.50 Å². The fraction of sp³-hybridized carbons (Fsp3) is 0.273. The van der Waals surface area contributed by atoms with Crippen LogP contribution in [-0.2, 0) is 5.60 Å². The lowest BCUT2D eigenvalue weighted by Gasteiger charge is -2.40. The molecule has 0 saturated heterocycles. The zero-order valence-corrected chi connectivity index (χ0v) is 15.8. The number of hydrogen-bond acceptors (Lipinski definition) is 4. The highest BCUT2D eigenvalue weighted by atomic mass is 19.1. The van der Waals surface area contributed by atoms with Gasteiger partial charge in [-0.3, -0.25) is 0 Å². The van der Waals surface area contributed by atoms with Crippen LogP contribution in [0.1, 0.15) is 42.3 Å². The van der Waals surface area contributed by atoms with Crippen molar-refractivity contribution in [3.63, 3.8) is 0 Å². The minimum atomic E-state index is -1.41. The van der Waals surface area contributed by atoms with Gasteiger partial charge in [0.15, 0.2) is 0 Å². The molecule has 0 radical (unpaired) electrons. The molecule has 4 rings (SSSR count). The van der Waals surface area contributed by atoms with E-state index >= 15 is 0 Å². The van der Waals surface area contributed by atoms with Crippen LogP contribution in [0.4, 0.5) is 4.39 Å². The van der Waals surface area contributed by atoms with Gasteiger partial charge in [-0.15, -0.1) is 0 Å². The second kappa shape index (κ2) is 6.18. The summed E-state index contributed by atoms with van der Waals surface area (Å²) in [6.07, 6.45) is 3.22.